The van der Waals surface area contributed by atoms with Crippen molar-refractivity contribution in [2.45, 2.75) is 71.8 Å². The highest BCUT2D eigenvalue weighted by Gasteiger charge is 2.58. The molecule has 4 aliphatic rings. The van der Waals surface area contributed by atoms with Crippen LogP contribution in [0, 0.1) is 35.0 Å². The van der Waals surface area contributed by atoms with Crippen LogP contribution in [0.1, 0.15) is 65.7 Å². The van der Waals surface area contributed by atoms with Gasteiger partial charge in [-0.2, -0.15) is 0 Å². The summed E-state index contributed by atoms with van der Waals surface area (Å²) >= 11 is 0. The minimum atomic E-state index is -0.128. The number of ether oxygens (including phenoxy) is 1. The van der Waals surface area contributed by atoms with Gasteiger partial charge in [0, 0.05) is 18.8 Å². The summed E-state index contributed by atoms with van der Waals surface area (Å²) in [5.74, 6) is 3.64. The van der Waals surface area contributed by atoms with Crippen molar-refractivity contribution in [3.05, 3.63) is 11.6 Å². The molecule has 3 nitrogen and oxygen atoms in total. The molecule has 0 aromatic rings. The van der Waals surface area contributed by atoms with E-state index in [-0.39, 0.29) is 17.5 Å². The predicted octanol–water partition coefficient (Wildman–Crippen LogP) is 4.31. The molecule has 0 radical (unpaired) electrons. The highest BCUT2D eigenvalue weighted by Crippen LogP contribution is 2.63. The molecule has 3 heteroatoms. The van der Waals surface area contributed by atoms with Crippen molar-refractivity contribution in [1.82, 2.24) is 0 Å². The number of carbonyl (C=O) groups is 2. The summed E-state index contributed by atoms with van der Waals surface area (Å²) in [5.41, 5.74) is 1.60. The van der Waals surface area contributed by atoms with Crippen molar-refractivity contribution in [3.63, 3.8) is 0 Å². The zero-order chi connectivity index (χ0) is 17.1. The second-order valence-corrected chi connectivity index (χ2v) is 9.08. The van der Waals surface area contributed by atoms with Gasteiger partial charge < -0.3 is 4.74 Å². The molecule has 0 bridgehead atoms. The molecule has 0 aromatic heterocycles. The Kier molecular flexibility index (Phi) is 3.89. The van der Waals surface area contributed by atoms with Crippen molar-refractivity contribution < 1.29 is 14.3 Å². The number of hydrogen-bond donors (Lipinski definition) is 0. The summed E-state index contributed by atoms with van der Waals surface area (Å²) in [7, 11) is 0. The number of rotatable bonds is 1. The molecule has 0 amide bonds. The molecule has 3 saturated carbocycles. The number of ketones is 1. The summed E-state index contributed by atoms with van der Waals surface area (Å²) in [6, 6.07) is 0. The van der Waals surface area contributed by atoms with Crippen LogP contribution in [0.25, 0.3) is 0 Å². The topological polar surface area (TPSA) is 43.4 Å². The van der Waals surface area contributed by atoms with E-state index < -0.39 is 0 Å². The van der Waals surface area contributed by atoms with E-state index in [0.717, 1.165) is 37.5 Å². The molecule has 24 heavy (non-hydrogen) atoms. The van der Waals surface area contributed by atoms with E-state index in [1.807, 2.05) is 6.08 Å². The number of carbonyl (C=O) groups excluding carboxylic acids is 2. The molecular formula is C21H30O3. The Morgan fingerprint density at radius 1 is 1.25 bits per heavy atom. The maximum atomic E-state index is 11.8. The first kappa shape index (κ1) is 16.4. The highest BCUT2D eigenvalue weighted by molar-refractivity contribution is 5.91. The van der Waals surface area contributed by atoms with Crippen molar-refractivity contribution >= 4 is 11.8 Å². The van der Waals surface area contributed by atoms with Gasteiger partial charge in [0.15, 0.2) is 5.78 Å². The van der Waals surface area contributed by atoms with Gasteiger partial charge in [-0.25, -0.2) is 0 Å². The highest BCUT2D eigenvalue weighted by atomic mass is 16.5. The Hall–Kier alpha value is -1.12. The third-order valence-corrected chi connectivity index (χ3v) is 7.86. The third kappa shape index (κ3) is 2.38. The standard InChI is InChI=1S/C21H30O3/c1-12-10-14-11-15(23)4-5-16(14)17-8-9-21(3)18(20(12)17)6-7-19(21)24-13(2)22/h11-12,16-20H,4-10H2,1-3H3/t12-,16+,17-,18-,19-,20+,21+/m1/s1. The average Bonchev–Trinajstić information content (AvgIpc) is 2.83. The van der Waals surface area contributed by atoms with Gasteiger partial charge in [-0.05, 0) is 74.2 Å². The Labute approximate surface area is 145 Å². The molecule has 0 unspecified atom stereocenters. The van der Waals surface area contributed by atoms with E-state index in [0.29, 0.717) is 23.5 Å². The van der Waals surface area contributed by atoms with Crippen LogP contribution < -0.4 is 0 Å². The van der Waals surface area contributed by atoms with Crippen LogP contribution in [-0.4, -0.2) is 17.9 Å². The van der Waals surface area contributed by atoms with Gasteiger partial charge in [0.25, 0.3) is 0 Å². The molecule has 0 saturated heterocycles. The average molecular weight is 330 g/mol. The smallest absolute Gasteiger partial charge is 0.302 e. The van der Waals surface area contributed by atoms with Crippen LogP contribution in [0.15, 0.2) is 11.6 Å². The van der Waals surface area contributed by atoms with Crippen molar-refractivity contribution in [2.24, 2.45) is 35.0 Å². The van der Waals surface area contributed by atoms with E-state index in [1.165, 1.54) is 24.8 Å². The predicted molar refractivity (Wildman–Crippen MR) is 92.2 cm³/mol. The fourth-order valence-corrected chi connectivity index (χ4v) is 6.93. The Balaban J connectivity index is 1.62. The van der Waals surface area contributed by atoms with Gasteiger partial charge in [-0.3, -0.25) is 9.59 Å². The Morgan fingerprint density at radius 2 is 2.04 bits per heavy atom. The minimum absolute atomic E-state index is 0.109. The van der Waals surface area contributed by atoms with Gasteiger partial charge in [0.1, 0.15) is 6.10 Å². The molecule has 3 fully saturated rings. The van der Waals surface area contributed by atoms with Crippen LogP contribution >= 0.6 is 0 Å². The monoisotopic (exact) mass is 330 g/mol. The van der Waals surface area contributed by atoms with E-state index in [9.17, 15) is 9.59 Å². The van der Waals surface area contributed by atoms with Crippen LogP contribution in [0.2, 0.25) is 0 Å². The molecule has 0 aliphatic heterocycles. The number of fused-ring (bicyclic) bond motifs is 5. The number of allylic oxidation sites excluding steroid dienone is 1. The first-order valence-electron chi connectivity index (χ1n) is 9.80. The number of hydrogen-bond acceptors (Lipinski definition) is 3. The fourth-order valence-electron chi connectivity index (χ4n) is 6.93. The molecule has 132 valence electrons. The Bertz CT molecular complexity index is 592. The lowest BCUT2D eigenvalue weighted by Crippen LogP contribution is -2.50. The van der Waals surface area contributed by atoms with E-state index in [1.54, 1.807) is 6.92 Å². The third-order valence-electron chi connectivity index (χ3n) is 7.86. The van der Waals surface area contributed by atoms with E-state index in [4.69, 9.17) is 4.74 Å². The summed E-state index contributed by atoms with van der Waals surface area (Å²) in [6.07, 6.45) is 9.62. The molecule has 7 atom stereocenters. The second kappa shape index (κ2) is 5.71. The summed E-state index contributed by atoms with van der Waals surface area (Å²) < 4.78 is 5.72. The largest absolute Gasteiger partial charge is 0.462 e. The zero-order valence-corrected chi connectivity index (χ0v) is 15.2. The maximum Gasteiger partial charge on any atom is 0.302 e. The lowest BCUT2D eigenvalue weighted by Gasteiger charge is -2.55. The first-order valence-corrected chi connectivity index (χ1v) is 9.80. The second-order valence-electron chi connectivity index (χ2n) is 9.08. The van der Waals surface area contributed by atoms with E-state index >= 15 is 0 Å². The summed E-state index contributed by atoms with van der Waals surface area (Å²) in [6.45, 7) is 6.30. The maximum absolute atomic E-state index is 11.8. The van der Waals surface area contributed by atoms with Gasteiger partial charge >= 0.3 is 5.97 Å². The summed E-state index contributed by atoms with van der Waals surface area (Å²) in [4.78, 5) is 23.4. The van der Waals surface area contributed by atoms with Gasteiger partial charge in [-0.15, -0.1) is 0 Å². The summed E-state index contributed by atoms with van der Waals surface area (Å²) in [5, 5.41) is 0. The Morgan fingerprint density at radius 3 is 2.79 bits per heavy atom. The van der Waals surface area contributed by atoms with E-state index in [2.05, 4.69) is 13.8 Å². The van der Waals surface area contributed by atoms with Gasteiger partial charge in [0.2, 0.25) is 0 Å². The van der Waals surface area contributed by atoms with Crippen molar-refractivity contribution in [2.75, 3.05) is 0 Å². The molecule has 4 rings (SSSR count). The molecule has 4 aliphatic carbocycles. The lowest BCUT2D eigenvalue weighted by atomic mass is 9.49. The molecule has 0 N–H and O–H groups in total. The molecular weight excluding hydrogens is 300 g/mol. The quantitative estimate of drug-likeness (QED) is 0.673. The van der Waals surface area contributed by atoms with Crippen LogP contribution in [0.4, 0.5) is 0 Å². The lowest BCUT2D eigenvalue weighted by molar-refractivity contribution is -0.157. The van der Waals surface area contributed by atoms with Crippen LogP contribution in [0.5, 0.6) is 0 Å². The molecule has 0 spiro atoms. The number of esters is 1. The van der Waals surface area contributed by atoms with Crippen molar-refractivity contribution in [3.8, 4) is 0 Å². The zero-order valence-electron chi connectivity index (χ0n) is 15.2. The van der Waals surface area contributed by atoms with Crippen LogP contribution in [0.3, 0.4) is 0 Å². The minimum Gasteiger partial charge on any atom is -0.462 e. The first-order chi connectivity index (χ1) is 11.4. The van der Waals surface area contributed by atoms with Gasteiger partial charge in [-0.1, -0.05) is 19.4 Å². The molecule has 0 heterocycles. The molecule has 0 aromatic carbocycles. The van der Waals surface area contributed by atoms with Crippen LogP contribution in [-0.2, 0) is 14.3 Å². The van der Waals surface area contributed by atoms with Crippen molar-refractivity contribution in [1.29, 1.82) is 0 Å². The fraction of sp³-hybridized carbons (Fsp3) is 0.810. The van der Waals surface area contributed by atoms with Gasteiger partial charge in [0.05, 0.1) is 0 Å². The normalized spacial score (nSPS) is 47.3. The SMILES string of the molecule is CC(=O)O[C@@H]1CC[C@@H]2[C@@H]3[C@H](CC[C@@]21C)[C@H]1CCC(=O)C=C1C[C@H]3C.